The van der Waals surface area contributed by atoms with Crippen LogP contribution in [0, 0.1) is 0 Å². The van der Waals surface area contributed by atoms with E-state index >= 15 is 0 Å². The van der Waals surface area contributed by atoms with Crippen LogP contribution in [0.5, 0.6) is 0 Å². The first-order chi connectivity index (χ1) is 16.1. The van der Waals surface area contributed by atoms with Gasteiger partial charge in [0.15, 0.2) is 0 Å². The van der Waals surface area contributed by atoms with Gasteiger partial charge in [0.2, 0.25) is 0 Å². The summed E-state index contributed by atoms with van der Waals surface area (Å²) in [6.07, 6.45) is 2.15. The summed E-state index contributed by atoms with van der Waals surface area (Å²) >= 11 is 1.48. The summed E-state index contributed by atoms with van der Waals surface area (Å²) in [6.45, 7) is 2.07. The maximum absolute atomic E-state index is 13.9. The Hall–Kier alpha value is -3.91. The topological polar surface area (TPSA) is 89.8 Å². The lowest BCUT2D eigenvalue weighted by atomic mass is 9.96. The van der Waals surface area contributed by atoms with Crippen LogP contribution in [-0.2, 0) is 6.42 Å². The number of nitrogens with zero attached hydrogens (tertiary/aromatic N) is 4. The molecule has 0 saturated carbocycles. The number of carbonyl (C=O) groups excluding carboxylic acids is 1. The Balaban J connectivity index is 1.73. The third kappa shape index (κ3) is 3.68. The maximum Gasteiger partial charge on any atom is 0.264 e. The first kappa shape index (κ1) is 21.0. The fourth-order valence-corrected chi connectivity index (χ4v) is 4.85. The molecule has 33 heavy (non-hydrogen) atoms. The number of aromatic nitrogens is 4. The molecule has 0 bridgehead atoms. The quantitative estimate of drug-likeness (QED) is 0.431. The normalized spacial score (nSPS) is 12.2. The maximum atomic E-state index is 13.9. The second kappa shape index (κ2) is 8.55. The smallest absolute Gasteiger partial charge is 0.264 e. The van der Waals surface area contributed by atoms with Crippen LogP contribution >= 0.6 is 11.3 Å². The van der Waals surface area contributed by atoms with Gasteiger partial charge in [0, 0.05) is 30.8 Å². The first-order valence-corrected chi connectivity index (χ1v) is 11.5. The largest absolute Gasteiger partial charge is 0.355 e. The van der Waals surface area contributed by atoms with Crippen molar-refractivity contribution in [1.82, 2.24) is 24.8 Å². The molecule has 3 heterocycles. The van der Waals surface area contributed by atoms with Crippen LogP contribution in [0.25, 0.3) is 26.8 Å². The lowest BCUT2D eigenvalue weighted by Crippen LogP contribution is -2.27. The predicted octanol–water partition coefficient (Wildman–Crippen LogP) is 4.10. The average molecular weight is 456 g/mol. The molecule has 0 aliphatic rings. The molecule has 0 saturated heterocycles. The fraction of sp³-hybridized carbons (Fsp3) is 0.160. The summed E-state index contributed by atoms with van der Waals surface area (Å²) in [5, 5.41) is 3.77. The van der Waals surface area contributed by atoms with E-state index in [1.165, 1.54) is 11.3 Å². The minimum Gasteiger partial charge on any atom is -0.355 e. The molecule has 0 fully saturated rings. The van der Waals surface area contributed by atoms with E-state index in [0.29, 0.717) is 17.4 Å². The van der Waals surface area contributed by atoms with E-state index in [9.17, 15) is 9.59 Å². The molecule has 0 radical (unpaired) electrons. The average Bonchev–Trinajstić information content (AvgIpc) is 3.33. The van der Waals surface area contributed by atoms with Gasteiger partial charge in [-0.2, -0.15) is 0 Å². The van der Waals surface area contributed by atoms with Gasteiger partial charge in [0.1, 0.15) is 16.7 Å². The second-order valence-corrected chi connectivity index (χ2v) is 8.66. The number of amides is 1. The van der Waals surface area contributed by atoms with Crippen molar-refractivity contribution in [3.63, 3.8) is 0 Å². The lowest BCUT2D eigenvalue weighted by Gasteiger charge is -2.20. The number of para-hydroxylation sites is 1. The van der Waals surface area contributed by atoms with E-state index in [0.717, 1.165) is 32.8 Å². The molecule has 0 spiro atoms. The molecule has 8 heteroatoms. The number of fused-ring (bicyclic) bond motifs is 2. The number of carbonyl (C=O) groups is 1. The molecule has 5 aromatic rings. The summed E-state index contributed by atoms with van der Waals surface area (Å²) < 4.78 is 1.71. The fourth-order valence-electron chi connectivity index (χ4n) is 4.20. The number of nitrogens with one attached hydrogen (secondary N) is 1. The zero-order valence-electron chi connectivity index (χ0n) is 18.1. The summed E-state index contributed by atoms with van der Waals surface area (Å²) in [7, 11) is 1.56. The molecule has 2 aromatic carbocycles. The minimum absolute atomic E-state index is 0.0502. The number of rotatable bonds is 5. The van der Waals surface area contributed by atoms with E-state index in [1.807, 2.05) is 42.5 Å². The van der Waals surface area contributed by atoms with E-state index in [1.54, 1.807) is 35.6 Å². The van der Waals surface area contributed by atoms with Crippen molar-refractivity contribution in [1.29, 1.82) is 0 Å². The van der Waals surface area contributed by atoms with Crippen LogP contribution in [0.15, 0.2) is 71.2 Å². The predicted molar refractivity (Wildman–Crippen MR) is 130 cm³/mol. The number of thiazole rings is 1. The molecule has 1 amide bonds. The molecule has 5 rings (SSSR count). The highest BCUT2D eigenvalue weighted by molar-refractivity contribution is 7.16. The van der Waals surface area contributed by atoms with Crippen LogP contribution < -0.4 is 10.9 Å². The SMILES string of the molecule is CNC(=O)c1cccc2cc([C@H](C)Cc3ncnc4scnc34)n(-c3ccccc3)c(=O)c12. The zero-order chi connectivity index (χ0) is 22.9. The van der Waals surface area contributed by atoms with E-state index < -0.39 is 0 Å². The lowest BCUT2D eigenvalue weighted by molar-refractivity contribution is 0.0964. The van der Waals surface area contributed by atoms with Gasteiger partial charge in [0.05, 0.1) is 22.2 Å². The van der Waals surface area contributed by atoms with Gasteiger partial charge in [-0.15, -0.1) is 11.3 Å². The third-order valence-corrected chi connectivity index (χ3v) is 6.51. The monoisotopic (exact) mass is 455 g/mol. The van der Waals surface area contributed by atoms with Gasteiger partial charge in [-0.05, 0) is 29.7 Å². The molecule has 1 atom stereocenters. The Morgan fingerprint density at radius 2 is 1.91 bits per heavy atom. The highest BCUT2D eigenvalue weighted by atomic mass is 32.1. The molecular weight excluding hydrogens is 434 g/mol. The van der Waals surface area contributed by atoms with Crippen LogP contribution in [0.1, 0.15) is 34.6 Å². The number of benzene rings is 2. The van der Waals surface area contributed by atoms with Crippen molar-refractivity contribution in [2.45, 2.75) is 19.3 Å². The van der Waals surface area contributed by atoms with Gasteiger partial charge >= 0.3 is 0 Å². The Morgan fingerprint density at radius 3 is 2.70 bits per heavy atom. The zero-order valence-corrected chi connectivity index (χ0v) is 19.0. The van der Waals surface area contributed by atoms with Gasteiger partial charge in [-0.3, -0.25) is 14.2 Å². The number of hydrogen-bond donors (Lipinski definition) is 1. The highest BCUT2D eigenvalue weighted by Gasteiger charge is 2.21. The molecule has 0 unspecified atom stereocenters. The molecule has 1 N–H and O–H groups in total. The molecule has 7 nitrogen and oxygen atoms in total. The Labute approximate surface area is 193 Å². The Kier molecular flexibility index (Phi) is 5.43. The molecule has 3 aromatic heterocycles. The summed E-state index contributed by atoms with van der Waals surface area (Å²) in [5.74, 6) is -0.337. The van der Waals surface area contributed by atoms with E-state index in [4.69, 9.17) is 0 Å². The van der Waals surface area contributed by atoms with E-state index in [2.05, 4.69) is 27.2 Å². The van der Waals surface area contributed by atoms with Crippen LogP contribution in [-0.4, -0.2) is 32.5 Å². The molecule has 0 aliphatic carbocycles. The Morgan fingerprint density at radius 1 is 1.09 bits per heavy atom. The van der Waals surface area contributed by atoms with Gasteiger partial charge in [0.25, 0.3) is 11.5 Å². The summed E-state index contributed by atoms with van der Waals surface area (Å²) in [5.41, 5.74) is 5.15. The molecule has 164 valence electrons. The van der Waals surface area contributed by atoms with Crippen molar-refractivity contribution in [3.8, 4) is 5.69 Å². The minimum atomic E-state index is -0.287. The van der Waals surface area contributed by atoms with Crippen molar-refractivity contribution in [2.24, 2.45) is 0 Å². The van der Waals surface area contributed by atoms with Crippen molar-refractivity contribution in [3.05, 3.63) is 93.7 Å². The van der Waals surface area contributed by atoms with Crippen molar-refractivity contribution < 1.29 is 4.79 Å². The second-order valence-electron chi connectivity index (χ2n) is 7.83. The summed E-state index contributed by atoms with van der Waals surface area (Å²) in [4.78, 5) is 40.4. The third-order valence-electron chi connectivity index (χ3n) is 5.78. The van der Waals surface area contributed by atoms with Gasteiger partial charge < -0.3 is 5.32 Å². The molecular formula is C25H21N5O2S. The van der Waals surface area contributed by atoms with Crippen molar-refractivity contribution >= 4 is 38.4 Å². The van der Waals surface area contributed by atoms with Crippen LogP contribution in [0.3, 0.4) is 0 Å². The standard InChI is InChI=1S/C25H21N5O2S/c1-15(11-19-22-24(28-13-27-19)33-14-29-22)20-12-16-7-6-10-18(23(31)26-2)21(16)25(32)30(20)17-8-4-3-5-9-17/h3-10,12-15H,11H2,1-2H3,(H,26,31)/t15-/m1/s1. The van der Waals surface area contributed by atoms with Crippen LogP contribution in [0.2, 0.25) is 0 Å². The van der Waals surface area contributed by atoms with Gasteiger partial charge in [-0.25, -0.2) is 15.0 Å². The van der Waals surface area contributed by atoms with Crippen LogP contribution in [0.4, 0.5) is 0 Å². The summed E-state index contributed by atoms with van der Waals surface area (Å²) in [6, 6.07) is 16.9. The van der Waals surface area contributed by atoms with Gasteiger partial charge in [-0.1, -0.05) is 37.3 Å². The van der Waals surface area contributed by atoms with Crippen molar-refractivity contribution in [2.75, 3.05) is 7.05 Å². The first-order valence-electron chi connectivity index (χ1n) is 10.6. The molecule has 0 aliphatic heterocycles. The Bertz CT molecular complexity index is 1540. The number of pyridine rings is 1. The van der Waals surface area contributed by atoms with E-state index in [-0.39, 0.29) is 17.4 Å². The highest BCUT2D eigenvalue weighted by Crippen LogP contribution is 2.28. The number of hydrogen-bond acceptors (Lipinski definition) is 6.